The van der Waals surface area contributed by atoms with E-state index < -0.39 is 0 Å². The maximum absolute atomic E-state index is 2.53. The maximum Gasteiger partial charge on any atom is 0.0495 e. The summed E-state index contributed by atoms with van der Waals surface area (Å²) in [6.45, 7) is 20.2. The zero-order chi connectivity index (χ0) is 46.8. The van der Waals surface area contributed by atoms with E-state index in [2.05, 4.69) is 270 Å². The molecule has 0 amide bonds. The molecule has 334 valence electrons. The number of rotatable bonds is 12. The predicted molar refractivity (Wildman–Crippen MR) is 288 cm³/mol. The number of para-hydroxylation sites is 3. The van der Waals surface area contributed by atoms with E-state index >= 15 is 0 Å². The molecule has 0 spiro atoms. The Balaban J connectivity index is 1.25. The third-order valence-corrected chi connectivity index (χ3v) is 13.1. The molecule has 1 aliphatic rings. The highest BCUT2D eigenvalue weighted by Gasteiger charge is 2.27. The van der Waals surface area contributed by atoms with Crippen LogP contribution >= 0.6 is 0 Å². The van der Waals surface area contributed by atoms with E-state index in [1.807, 2.05) is 0 Å². The maximum atomic E-state index is 2.53. The summed E-state index contributed by atoms with van der Waals surface area (Å²) >= 11 is 0. The van der Waals surface area contributed by atoms with Crippen LogP contribution in [0.4, 0.5) is 62.6 Å². The van der Waals surface area contributed by atoms with Gasteiger partial charge in [-0.3, -0.25) is 0 Å². The second-order valence-electron chi connectivity index (χ2n) is 18.4. The van der Waals surface area contributed by atoms with Gasteiger partial charge >= 0.3 is 0 Å². The monoisotopic (exact) mass is 874 g/mol. The van der Waals surface area contributed by atoms with Gasteiger partial charge in [0.2, 0.25) is 0 Å². The average molecular weight is 875 g/mol. The summed E-state index contributed by atoms with van der Waals surface area (Å²) in [5.74, 6) is 0. The van der Waals surface area contributed by atoms with Crippen LogP contribution in [-0.4, -0.2) is 0 Å². The quantitative estimate of drug-likeness (QED) is 0.121. The standard InChI is InChI=1S/C63H62N4/c1-43-22-19-31-55(34-43)64(52-25-13-10-14-26-52)58-37-49(7)61(40-46(58)4)67(62-41-47(5)59(38-50(62)8)65(53-27-15-11-16-28-53)56-32-20-23-44(2)35-56)63-42-48(6)60(39-51(63)9)66(54-29-17-12-18-30-54)57-33-21-24-45(3)36-57/h10-20,22-32,34-42H,21,33H2,1-9H3. The third kappa shape index (κ3) is 9.18. The van der Waals surface area contributed by atoms with Gasteiger partial charge in [-0.25, -0.2) is 0 Å². The van der Waals surface area contributed by atoms with Crippen LogP contribution < -0.4 is 19.6 Å². The summed E-state index contributed by atoms with van der Waals surface area (Å²) in [6.07, 6.45) is 6.72. The molecule has 1 aliphatic carbocycles. The zero-order valence-electron chi connectivity index (χ0n) is 40.6. The van der Waals surface area contributed by atoms with Crippen molar-refractivity contribution in [3.63, 3.8) is 0 Å². The van der Waals surface area contributed by atoms with Gasteiger partial charge in [-0.1, -0.05) is 90.5 Å². The second kappa shape index (κ2) is 19.1. The number of hydrogen-bond acceptors (Lipinski definition) is 4. The Morgan fingerprint density at radius 1 is 0.299 bits per heavy atom. The lowest BCUT2D eigenvalue weighted by Crippen LogP contribution is -2.20. The molecule has 0 aromatic heterocycles. The van der Waals surface area contributed by atoms with Crippen molar-refractivity contribution < 1.29 is 0 Å². The minimum Gasteiger partial charge on any atom is -0.314 e. The molecule has 4 nitrogen and oxygen atoms in total. The molecule has 0 aliphatic heterocycles. The fraction of sp³-hybridized carbons (Fsp3) is 0.175. The van der Waals surface area contributed by atoms with E-state index in [9.17, 15) is 0 Å². The molecular weight excluding hydrogens is 813 g/mol. The van der Waals surface area contributed by atoms with Gasteiger partial charge < -0.3 is 19.6 Å². The number of benzene rings is 8. The lowest BCUT2D eigenvalue weighted by molar-refractivity contribution is 0.902. The molecule has 4 heteroatoms. The Labute approximate surface area is 399 Å². The number of anilines is 11. The van der Waals surface area contributed by atoms with E-state index in [1.165, 1.54) is 67.2 Å². The largest absolute Gasteiger partial charge is 0.314 e. The number of hydrogen-bond donors (Lipinski definition) is 0. The first-order valence-corrected chi connectivity index (χ1v) is 23.6. The van der Waals surface area contributed by atoms with Crippen molar-refractivity contribution in [1.29, 1.82) is 0 Å². The van der Waals surface area contributed by atoms with Crippen molar-refractivity contribution in [2.75, 3.05) is 19.6 Å². The normalized spacial score (nSPS) is 12.3. The van der Waals surface area contributed by atoms with Gasteiger partial charge in [0.15, 0.2) is 0 Å². The molecule has 8 aromatic carbocycles. The smallest absolute Gasteiger partial charge is 0.0495 e. The van der Waals surface area contributed by atoms with Crippen molar-refractivity contribution in [2.45, 2.75) is 75.2 Å². The molecular formula is C63H62N4. The fourth-order valence-corrected chi connectivity index (χ4v) is 9.79. The molecule has 0 saturated carbocycles. The minimum absolute atomic E-state index is 0.985. The van der Waals surface area contributed by atoms with E-state index in [-0.39, 0.29) is 0 Å². The van der Waals surface area contributed by atoms with Crippen LogP contribution in [0.5, 0.6) is 0 Å². The number of aryl methyl sites for hydroxylation is 8. The topological polar surface area (TPSA) is 13.0 Å². The first kappa shape index (κ1) is 44.6. The van der Waals surface area contributed by atoms with Crippen LogP contribution in [0.2, 0.25) is 0 Å². The SMILES string of the molecule is CC1=CCCC(N(c2ccccc2)c2cc(C)c(N(c3cc(C)c(N(c4ccccc4)c4cccc(C)c4)cc3C)c3cc(C)c(N(c4ccccc4)c4cccc(C)c4)cc3C)cc2C)=C1. The zero-order valence-corrected chi connectivity index (χ0v) is 40.6. The molecule has 0 fully saturated rings. The summed E-state index contributed by atoms with van der Waals surface area (Å²) in [6, 6.07) is 64.4. The molecule has 0 atom stereocenters. The van der Waals surface area contributed by atoms with Crippen molar-refractivity contribution in [1.82, 2.24) is 0 Å². The summed E-state index contributed by atoms with van der Waals surface area (Å²) in [7, 11) is 0. The highest BCUT2D eigenvalue weighted by atomic mass is 15.2. The van der Waals surface area contributed by atoms with Crippen LogP contribution in [0.25, 0.3) is 0 Å². The summed E-state index contributed by atoms with van der Waals surface area (Å²) in [5, 5.41) is 0. The fourth-order valence-electron chi connectivity index (χ4n) is 9.79. The first-order valence-electron chi connectivity index (χ1n) is 23.6. The van der Waals surface area contributed by atoms with Gasteiger partial charge in [-0.05, 0) is 223 Å². The summed E-state index contributed by atoms with van der Waals surface area (Å²) < 4.78 is 0. The van der Waals surface area contributed by atoms with Crippen LogP contribution in [0.3, 0.4) is 0 Å². The molecule has 0 N–H and O–H groups in total. The van der Waals surface area contributed by atoms with Crippen molar-refractivity contribution in [2.24, 2.45) is 0 Å². The van der Waals surface area contributed by atoms with Crippen molar-refractivity contribution >= 4 is 62.6 Å². The van der Waals surface area contributed by atoms with Crippen molar-refractivity contribution in [3.05, 3.63) is 244 Å². The number of allylic oxidation sites excluding steroid dienone is 4. The molecule has 0 saturated heterocycles. The predicted octanol–water partition coefficient (Wildman–Crippen LogP) is 18.3. The summed E-state index contributed by atoms with van der Waals surface area (Å²) in [4.78, 5) is 9.81. The van der Waals surface area contributed by atoms with Gasteiger partial charge in [0.25, 0.3) is 0 Å². The molecule has 0 radical (unpaired) electrons. The van der Waals surface area contributed by atoms with E-state index in [1.54, 1.807) is 0 Å². The molecule has 0 bridgehead atoms. The van der Waals surface area contributed by atoms with E-state index in [0.29, 0.717) is 0 Å². The Hall–Kier alpha value is -7.56. The molecule has 0 unspecified atom stereocenters. The highest BCUT2D eigenvalue weighted by Crippen LogP contribution is 2.49. The highest BCUT2D eigenvalue weighted by molar-refractivity contribution is 5.90. The van der Waals surface area contributed by atoms with Gasteiger partial charge in [-0.15, -0.1) is 0 Å². The molecule has 67 heavy (non-hydrogen) atoms. The van der Waals surface area contributed by atoms with E-state index in [0.717, 1.165) is 64.0 Å². The van der Waals surface area contributed by atoms with Crippen LogP contribution in [-0.2, 0) is 0 Å². The third-order valence-electron chi connectivity index (χ3n) is 13.1. The molecule has 9 rings (SSSR count). The Morgan fingerprint density at radius 3 is 0.955 bits per heavy atom. The second-order valence-corrected chi connectivity index (χ2v) is 18.4. The Morgan fingerprint density at radius 2 is 0.612 bits per heavy atom. The van der Waals surface area contributed by atoms with Crippen LogP contribution in [0.1, 0.15) is 64.3 Å². The first-order chi connectivity index (χ1) is 32.4. The van der Waals surface area contributed by atoms with Crippen LogP contribution in [0, 0.1) is 55.4 Å². The van der Waals surface area contributed by atoms with Crippen LogP contribution in [0.15, 0.2) is 199 Å². The molecule has 0 heterocycles. The van der Waals surface area contributed by atoms with E-state index in [4.69, 9.17) is 0 Å². The Bertz CT molecular complexity index is 2980. The van der Waals surface area contributed by atoms with Gasteiger partial charge in [-0.2, -0.15) is 0 Å². The van der Waals surface area contributed by atoms with Crippen molar-refractivity contribution in [3.8, 4) is 0 Å². The molecule has 8 aromatic rings. The lowest BCUT2D eigenvalue weighted by Gasteiger charge is -2.35. The van der Waals surface area contributed by atoms with Gasteiger partial charge in [0, 0.05) is 68.3 Å². The summed E-state index contributed by atoms with van der Waals surface area (Å²) in [5.41, 5.74) is 24.9. The average Bonchev–Trinajstić information content (AvgIpc) is 3.32. The minimum atomic E-state index is 0.985. The Kier molecular flexibility index (Phi) is 12.7. The van der Waals surface area contributed by atoms with Gasteiger partial charge in [0.05, 0.1) is 0 Å². The number of nitrogens with zero attached hydrogens (tertiary/aromatic N) is 4. The lowest BCUT2D eigenvalue weighted by atomic mass is 9.98. The van der Waals surface area contributed by atoms with Gasteiger partial charge in [0.1, 0.15) is 0 Å².